The molecule has 5 heteroatoms. The zero-order valence-corrected chi connectivity index (χ0v) is 18.7. The highest BCUT2D eigenvalue weighted by atomic mass is 79.9. The van der Waals surface area contributed by atoms with Gasteiger partial charge in [0.15, 0.2) is 11.0 Å². The molecule has 2 aromatic carbocycles. The number of Topliss-reactive ketones (excluding diaryl/α,β-unsaturated/α-hetero) is 1. The number of amidine groups is 1. The van der Waals surface area contributed by atoms with Crippen molar-refractivity contribution in [2.24, 2.45) is 4.99 Å². The molecule has 1 aliphatic rings. The molecule has 1 heterocycles. The van der Waals surface area contributed by atoms with Crippen LogP contribution >= 0.6 is 28.7 Å². The molecule has 0 spiro atoms. The Labute approximate surface area is 177 Å². The minimum absolute atomic E-state index is 0. The monoisotopic (exact) mass is 446 g/mol. The number of carbonyl (C=O) groups is 1. The molecular weight excluding hydrogens is 420 g/mol. The molecule has 3 rings (SSSR count). The van der Waals surface area contributed by atoms with E-state index in [0.717, 1.165) is 41.6 Å². The first kappa shape index (κ1) is 21.7. The van der Waals surface area contributed by atoms with Crippen LogP contribution in [0.2, 0.25) is 0 Å². The quantitative estimate of drug-likeness (QED) is 0.558. The number of anilines is 1. The molecule has 0 aliphatic carbocycles. The number of thioether (sulfide) groups is 1. The van der Waals surface area contributed by atoms with Gasteiger partial charge in [-0.1, -0.05) is 55.1 Å². The third kappa shape index (κ3) is 5.45. The molecule has 0 aromatic heterocycles. The average Bonchev–Trinajstić information content (AvgIpc) is 2.68. The molecule has 144 valence electrons. The molecule has 0 atom stereocenters. The summed E-state index contributed by atoms with van der Waals surface area (Å²) in [5.41, 5.74) is 5.45. The van der Waals surface area contributed by atoms with Crippen LogP contribution in [0.25, 0.3) is 0 Å². The number of halogens is 1. The van der Waals surface area contributed by atoms with Gasteiger partial charge in [-0.05, 0) is 49.4 Å². The van der Waals surface area contributed by atoms with Crippen LogP contribution in [0, 0.1) is 13.8 Å². The van der Waals surface area contributed by atoms with Crippen LogP contribution in [0.5, 0.6) is 0 Å². The topological polar surface area (TPSA) is 32.7 Å². The van der Waals surface area contributed by atoms with E-state index in [-0.39, 0.29) is 22.8 Å². The average molecular weight is 447 g/mol. The maximum atomic E-state index is 13.0. The lowest BCUT2D eigenvalue weighted by atomic mass is 10.1. The largest absolute Gasteiger partial charge is 0.313 e. The van der Waals surface area contributed by atoms with Gasteiger partial charge in [0.05, 0.1) is 6.54 Å². The van der Waals surface area contributed by atoms with Crippen molar-refractivity contribution < 1.29 is 4.79 Å². The number of aryl methyl sites for hydroxylation is 3. The molecule has 0 bridgehead atoms. The summed E-state index contributed by atoms with van der Waals surface area (Å²) in [5, 5.41) is 0.962. The molecule has 0 radical (unpaired) electrons. The van der Waals surface area contributed by atoms with Gasteiger partial charge in [-0.15, -0.1) is 17.0 Å². The zero-order valence-electron chi connectivity index (χ0n) is 16.2. The first-order chi connectivity index (χ1) is 12.6. The van der Waals surface area contributed by atoms with Gasteiger partial charge in [-0.3, -0.25) is 9.79 Å². The molecule has 0 fully saturated rings. The van der Waals surface area contributed by atoms with E-state index in [9.17, 15) is 4.79 Å². The lowest BCUT2D eigenvalue weighted by molar-refractivity contribution is 0.100. The van der Waals surface area contributed by atoms with Crippen molar-refractivity contribution in [1.82, 2.24) is 0 Å². The Morgan fingerprint density at radius 2 is 1.89 bits per heavy atom. The fourth-order valence-corrected chi connectivity index (χ4v) is 4.00. The summed E-state index contributed by atoms with van der Waals surface area (Å²) in [6, 6.07) is 14.4. The van der Waals surface area contributed by atoms with Gasteiger partial charge in [0.2, 0.25) is 0 Å². The molecule has 0 saturated heterocycles. The molecule has 0 saturated carbocycles. The van der Waals surface area contributed by atoms with Crippen molar-refractivity contribution in [3.05, 3.63) is 64.7 Å². The zero-order chi connectivity index (χ0) is 18.5. The summed E-state index contributed by atoms with van der Waals surface area (Å²) in [4.78, 5) is 19.8. The van der Waals surface area contributed by atoms with E-state index in [4.69, 9.17) is 4.99 Å². The van der Waals surface area contributed by atoms with Crippen molar-refractivity contribution in [3.8, 4) is 0 Å². The van der Waals surface area contributed by atoms with Crippen molar-refractivity contribution in [3.63, 3.8) is 0 Å². The third-order valence-electron chi connectivity index (χ3n) is 4.65. The molecule has 0 amide bonds. The van der Waals surface area contributed by atoms with Gasteiger partial charge in [-0.2, -0.15) is 0 Å². The second-order valence-corrected chi connectivity index (χ2v) is 7.78. The SMILES string of the molecule is Br.CCc1ccc(C(=O)CN(C2=NCCCS2)c2cc(C)ccc2C)cc1. The molecule has 0 N–H and O–H groups in total. The van der Waals surface area contributed by atoms with Crippen LogP contribution in [-0.2, 0) is 6.42 Å². The summed E-state index contributed by atoms with van der Waals surface area (Å²) in [6.45, 7) is 7.46. The van der Waals surface area contributed by atoms with Gasteiger partial charge in [0.1, 0.15) is 0 Å². The van der Waals surface area contributed by atoms with Crippen LogP contribution in [-0.4, -0.2) is 29.8 Å². The Hall–Kier alpha value is -1.59. The molecular formula is C22H27BrN2OS. The minimum atomic E-state index is 0. The molecule has 1 aliphatic heterocycles. The number of ketones is 1. The van der Waals surface area contributed by atoms with E-state index in [2.05, 4.69) is 43.9 Å². The summed E-state index contributed by atoms with van der Waals surface area (Å²) < 4.78 is 0. The first-order valence-electron chi connectivity index (χ1n) is 9.22. The predicted octanol–water partition coefficient (Wildman–Crippen LogP) is 5.63. The molecule has 2 aromatic rings. The highest BCUT2D eigenvalue weighted by Crippen LogP contribution is 2.27. The Bertz CT molecular complexity index is 818. The van der Waals surface area contributed by atoms with Gasteiger partial charge < -0.3 is 4.90 Å². The highest BCUT2D eigenvalue weighted by Gasteiger charge is 2.22. The maximum Gasteiger partial charge on any atom is 0.182 e. The van der Waals surface area contributed by atoms with Crippen molar-refractivity contribution in [2.45, 2.75) is 33.6 Å². The number of benzene rings is 2. The van der Waals surface area contributed by atoms with Crippen LogP contribution in [0.1, 0.15) is 40.4 Å². The van der Waals surface area contributed by atoms with Crippen molar-refractivity contribution in [1.29, 1.82) is 0 Å². The van der Waals surface area contributed by atoms with Gasteiger partial charge >= 0.3 is 0 Å². The summed E-state index contributed by atoms with van der Waals surface area (Å²) in [5.74, 6) is 1.18. The molecule has 27 heavy (non-hydrogen) atoms. The van der Waals surface area contributed by atoms with Gasteiger partial charge in [-0.25, -0.2) is 0 Å². The van der Waals surface area contributed by atoms with Crippen LogP contribution in [0.3, 0.4) is 0 Å². The molecule has 3 nitrogen and oxygen atoms in total. The Kier molecular flexibility index (Phi) is 8.11. The lowest BCUT2D eigenvalue weighted by Gasteiger charge is -2.28. The fraction of sp³-hybridized carbons (Fsp3) is 0.364. The summed E-state index contributed by atoms with van der Waals surface area (Å²) in [7, 11) is 0. The van der Waals surface area contributed by atoms with E-state index in [1.807, 2.05) is 24.3 Å². The Balaban J connectivity index is 0.00000261. The predicted molar refractivity (Wildman–Crippen MR) is 123 cm³/mol. The smallest absolute Gasteiger partial charge is 0.182 e. The highest BCUT2D eigenvalue weighted by molar-refractivity contribution is 8.93. The van der Waals surface area contributed by atoms with Gasteiger partial charge in [0.25, 0.3) is 0 Å². The Morgan fingerprint density at radius 1 is 1.15 bits per heavy atom. The van der Waals surface area contributed by atoms with E-state index in [1.165, 1.54) is 16.7 Å². The number of hydrogen-bond acceptors (Lipinski definition) is 4. The van der Waals surface area contributed by atoms with E-state index in [1.54, 1.807) is 11.8 Å². The van der Waals surface area contributed by atoms with Crippen molar-refractivity contribution >= 4 is 45.4 Å². The second kappa shape index (κ2) is 10.1. The van der Waals surface area contributed by atoms with E-state index < -0.39 is 0 Å². The van der Waals surface area contributed by atoms with Gasteiger partial charge in [0, 0.05) is 23.5 Å². The Morgan fingerprint density at radius 3 is 2.52 bits per heavy atom. The number of aliphatic imine (C=N–C) groups is 1. The van der Waals surface area contributed by atoms with E-state index >= 15 is 0 Å². The lowest BCUT2D eigenvalue weighted by Crippen LogP contribution is -2.36. The molecule has 0 unspecified atom stereocenters. The van der Waals surface area contributed by atoms with E-state index in [0.29, 0.717) is 6.54 Å². The fourth-order valence-electron chi connectivity index (χ4n) is 3.04. The standard InChI is InChI=1S/C22H26N2OS.BrH/c1-4-18-8-10-19(11-9-18)21(25)15-24(22-23-12-5-13-26-22)20-14-16(2)6-7-17(20)3;/h6-11,14H,4-5,12-13,15H2,1-3H3;1H. The van der Waals surface area contributed by atoms with Crippen LogP contribution in [0.15, 0.2) is 47.5 Å². The van der Waals surface area contributed by atoms with Crippen molar-refractivity contribution in [2.75, 3.05) is 23.7 Å². The first-order valence-corrected chi connectivity index (χ1v) is 10.2. The minimum Gasteiger partial charge on any atom is -0.313 e. The summed E-state index contributed by atoms with van der Waals surface area (Å²) >= 11 is 1.75. The third-order valence-corrected chi connectivity index (χ3v) is 5.75. The number of rotatable bonds is 5. The normalized spacial score (nSPS) is 13.5. The van der Waals surface area contributed by atoms with Crippen LogP contribution in [0.4, 0.5) is 5.69 Å². The second-order valence-electron chi connectivity index (χ2n) is 6.72. The number of nitrogens with zero attached hydrogens (tertiary/aromatic N) is 2. The van der Waals surface area contributed by atoms with Crippen LogP contribution < -0.4 is 4.90 Å². The maximum absolute atomic E-state index is 13.0. The number of carbonyl (C=O) groups excluding carboxylic acids is 1. The summed E-state index contributed by atoms with van der Waals surface area (Å²) in [6.07, 6.45) is 2.08. The number of hydrogen-bond donors (Lipinski definition) is 0.